The van der Waals surface area contributed by atoms with Crippen molar-refractivity contribution in [3.63, 3.8) is 0 Å². The van der Waals surface area contributed by atoms with Gasteiger partial charge in [0.2, 0.25) is 5.91 Å². The van der Waals surface area contributed by atoms with Crippen molar-refractivity contribution in [2.24, 2.45) is 5.92 Å². The van der Waals surface area contributed by atoms with Gasteiger partial charge in [0, 0.05) is 5.69 Å². The zero-order chi connectivity index (χ0) is 21.3. The first kappa shape index (κ1) is 21.4. The van der Waals surface area contributed by atoms with Crippen LogP contribution in [0.3, 0.4) is 0 Å². The lowest BCUT2D eigenvalue weighted by molar-refractivity contribution is -0.137. The van der Waals surface area contributed by atoms with Gasteiger partial charge >= 0.3 is 6.18 Å². The smallest absolute Gasteiger partial charge is 0.372 e. The summed E-state index contributed by atoms with van der Waals surface area (Å²) in [4.78, 5) is 17.2. The fourth-order valence-electron chi connectivity index (χ4n) is 2.85. The van der Waals surface area contributed by atoms with Crippen LogP contribution in [0.25, 0.3) is 10.2 Å². The number of benzene rings is 2. The molecule has 3 rings (SSSR count). The minimum atomic E-state index is -4.48. The number of aryl methyl sites for hydroxylation is 1. The molecule has 2 N–H and O–H groups in total. The van der Waals surface area contributed by atoms with E-state index in [0.29, 0.717) is 5.69 Å². The van der Waals surface area contributed by atoms with Gasteiger partial charge in [-0.05, 0) is 49.2 Å². The minimum absolute atomic E-state index is 0.0974. The number of aromatic nitrogens is 1. The lowest BCUT2D eigenvalue weighted by Gasteiger charge is -2.23. The average molecular weight is 442 g/mol. The molecule has 0 aliphatic carbocycles. The van der Waals surface area contributed by atoms with Crippen molar-refractivity contribution in [3.8, 4) is 0 Å². The highest BCUT2D eigenvalue weighted by molar-refractivity contribution is 7.18. The van der Waals surface area contributed by atoms with Crippen LogP contribution in [0, 0.1) is 12.8 Å². The Morgan fingerprint density at radius 2 is 1.90 bits per heavy atom. The molecule has 0 saturated carbocycles. The van der Waals surface area contributed by atoms with E-state index in [9.17, 15) is 18.0 Å². The number of nitrogens with zero attached hydrogens (tertiary/aromatic N) is 1. The van der Waals surface area contributed by atoms with Crippen LogP contribution >= 0.6 is 22.9 Å². The van der Waals surface area contributed by atoms with Crippen molar-refractivity contribution >= 4 is 50.4 Å². The molecule has 9 heteroatoms. The van der Waals surface area contributed by atoms with Gasteiger partial charge in [-0.15, -0.1) is 11.3 Å². The predicted octanol–water partition coefficient (Wildman–Crippen LogP) is 6.35. The number of carbonyl (C=O) groups is 1. The van der Waals surface area contributed by atoms with Gasteiger partial charge in [0.05, 0.1) is 31.5 Å². The third-order valence-electron chi connectivity index (χ3n) is 4.32. The van der Waals surface area contributed by atoms with Gasteiger partial charge in [0.15, 0.2) is 0 Å². The lowest BCUT2D eigenvalue weighted by Crippen LogP contribution is -2.39. The average Bonchev–Trinajstić information content (AvgIpc) is 2.98. The number of anilines is 2. The normalized spacial score (nSPS) is 13.0. The summed E-state index contributed by atoms with van der Waals surface area (Å²) in [6.45, 7) is 5.59. The van der Waals surface area contributed by atoms with E-state index in [2.05, 4.69) is 15.6 Å². The van der Waals surface area contributed by atoms with Crippen LogP contribution in [0.15, 0.2) is 36.4 Å². The number of thiazole rings is 1. The molecule has 1 unspecified atom stereocenters. The summed E-state index contributed by atoms with van der Waals surface area (Å²) < 4.78 is 39.4. The molecule has 0 fully saturated rings. The molecule has 0 bridgehead atoms. The Labute approximate surface area is 175 Å². The number of hydrogen-bond donors (Lipinski definition) is 2. The zero-order valence-electron chi connectivity index (χ0n) is 15.9. The second-order valence-corrected chi connectivity index (χ2v) is 8.61. The van der Waals surface area contributed by atoms with Crippen LogP contribution in [0.4, 0.5) is 24.5 Å². The van der Waals surface area contributed by atoms with Gasteiger partial charge in [-0.25, -0.2) is 4.98 Å². The van der Waals surface area contributed by atoms with Gasteiger partial charge in [-0.2, -0.15) is 13.2 Å². The van der Waals surface area contributed by atoms with Crippen LogP contribution in [0.1, 0.15) is 24.4 Å². The monoisotopic (exact) mass is 441 g/mol. The summed E-state index contributed by atoms with van der Waals surface area (Å²) in [7, 11) is 0. The van der Waals surface area contributed by atoms with Crippen molar-refractivity contribution in [1.29, 1.82) is 0 Å². The molecule has 2 aromatic carbocycles. The zero-order valence-corrected chi connectivity index (χ0v) is 17.5. The molecular weight excluding hydrogens is 423 g/mol. The Balaban J connectivity index is 1.79. The largest absolute Gasteiger partial charge is 0.416 e. The molecule has 0 aliphatic heterocycles. The fraction of sp³-hybridized carbons (Fsp3) is 0.300. The van der Waals surface area contributed by atoms with Crippen LogP contribution < -0.4 is 10.6 Å². The van der Waals surface area contributed by atoms with Crippen molar-refractivity contribution in [2.45, 2.75) is 33.0 Å². The second-order valence-electron chi connectivity index (χ2n) is 6.96. The van der Waals surface area contributed by atoms with Crippen molar-refractivity contribution in [2.75, 3.05) is 10.6 Å². The molecular formula is C20H19ClF3N3OS. The molecule has 29 heavy (non-hydrogen) atoms. The van der Waals surface area contributed by atoms with Crippen molar-refractivity contribution < 1.29 is 18.0 Å². The topological polar surface area (TPSA) is 54.0 Å². The Morgan fingerprint density at radius 1 is 1.17 bits per heavy atom. The lowest BCUT2D eigenvalue weighted by atomic mass is 10.0. The molecule has 154 valence electrons. The number of halogens is 4. The number of alkyl halides is 3. The molecule has 1 aromatic heterocycles. The summed E-state index contributed by atoms with van der Waals surface area (Å²) in [6.07, 6.45) is -4.48. The molecule has 0 spiro atoms. The van der Waals surface area contributed by atoms with Gasteiger partial charge < -0.3 is 10.6 Å². The number of carbonyl (C=O) groups excluding carboxylic acids is 1. The number of amides is 1. The predicted molar refractivity (Wildman–Crippen MR) is 112 cm³/mol. The van der Waals surface area contributed by atoms with E-state index in [-0.39, 0.29) is 22.5 Å². The molecule has 0 radical (unpaired) electrons. The van der Waals surface area contributed by atoms with Gasteiger partial charge in [0.25, 0.3) is 0 Å². The summed E-state index contributed by atoms with van der Waals surface area (Å²) in [5.74, 6) is -0.445. The number of hydrogen-bond acceptors (Lipinski definition) is 4. The molecule has 1 atom stereocenters. The maximum atomic E-state index is 12.8. The maximum absolute atomic E-state index is 12.8. The van der Waals surface area contributed by atoms with Crippen molar-refractivity contribution in [1.82, 2.24) is 4.98 Å². The SMILES string of the molecule is Cc1nc2ccc(NC(=O)C(Nc3ccc(C(F)(F)F)cc3Cl)C(C)C)cc2s1. The van der Waals surface area contributed by atoms with Gasteiger partial charge in [0.1, 0.15) is 6.04 Å². The van der Waals surface area contributed by atoms with Crippen LogP contribution in [0.2, 0.25) is 5.02 Å². The first-order valence-electron chi connectivity index (χ1n) is 8.86. The molecule has 1 amide bonds. The Bertz CT molecular complexity index is 1050. The molecule has 3 aromatic rings. The van der Waals surface area contributed by atoms with E-state index < -0.39 is 17.8 Å². The summed E-state index contributed by atoms with van der Waals surface area (Å²) in [5.41, 5.74) is 0.909. The Morgan fingerprint density at radius 3 is 2.52 bits per heavy atom. The van der Waals surface area contributed by atoms with Crippen LogP contribution in [0.5, 0.6) is 0 Å². The highest BCUT2D eigenvalue weighted by atomic mass is 35.5. The first-order chi connectivity index (χ1) is 13.5. The molecule has 0 saturated heterocycles. The second kappa shape index (κ2) is 8.20. The van der Waals surface area contributed by atoms with E-state index in [4.69, 9.17) is 11.6 Å². The first-order valence-corrected chi connectivity index (χ1v) is 10.1. The van der Waals surface area contributed by atoms with E-state index >= 15 is 0 Å². The van der Waals surface area contributed by atoms with Crippen molar-refractivity contribution in [3.05, 3.63) is 52.0 Å². The summed E-state index contributed by atoms with van der Waals surface area (Å²) in [6, 6.07) is 7.77. The number of fused-ring (bicyclic) bond motifs is 1. The van der Waals surface area contributed by atoms with Crippen LogP contribution in [-0.2, 0) is 11.0 Å². The minimum Gasteiger partial charge on any atom is -0.372 e. The van der Waals surface area contributed by atoms with E-state index in [0.717, 1.165) is 27.4 Å². The maximum Gasteiger partial charge on any atom is 0.416 e. The highest BCUT2D eigenvalue weighted by Gasteiger charge is 2.31. The molecule has 4 nitrogen and oxygen atoms in total. The summed E-state index contributed by atoms with van der Waals surface area (Å²) >= 11 is 7.55. The molecule has 1 heterocycles. The summed E-state index contributed by atoms with van der Waals surface area (Å²) in [5, 5.41) is 6.66. The fourth-order valence-corrected chi connectivity index (χ4v) is 3.95. The van der Waals surface area contributed by atoms with Gasteiger partial charge in [-0.3, -0.25) is 4.79 Å². The van der Waals surface area contributed by atoms with E-state index in [1.807, 2.05) is 32.9 Å². The van der Waals surface area contributed by atoms with Gasteiger partial charge in [-0.1, -0.05) is 25.4 Å². The Kier molecular flexibility index (Phi) is 6.05. The Hall–Kier alpha value is -2.32. The molecule has 0 aliphatic rings. The van der Waals surface area contributed by atoms with E-state index in [1.165, 1.54) is 17.4 Å². The van der Waals surface area contributed by atoms with Crippen LogP contribution in [-0.4, -0.2) is 16.9 Å². The number of rotatable bonds is 5. The third-order valence-corrected chi connectivity index (χ3v) is 5.57. The van der Waals surface area contributed by atoms with E-state index in [1.54, 1.807) is 6.07 Å². The quantitative estimate of drug-likeness (QED) is 0.485. The standard InChI is InChI=1S/C20H19ClF3N3OS/c1-10(2)18(27-15-6-4-12(8-14(15)21)20(22,23)24)19(28)26-13-5-7-16-17(9-13)29-11(3)25-16/h4-10,18,27H,1-3H3,(H,26,28). The number of nitrogens with one attached hydrogen (secondary N) is 2. The third kappa shape index (κ3) is 5.00. The highest BCUT2D eigenvalue weighted by Crippen LogP contribution is 2.34.